The van der Waals surface area contributed by atoms with Gasteiger partial charge >= 0.3 is 0 Å². The smallest absolute Gasteiger partial charge is 0.243 e. The van der Waals surface area contributed by atoms with Crippen LogP contribution in [0.4, 0.5) is 0 Å². The van der Waals surface area contributed by atoms with Crippen LogP contribution in [0.3, 0.4) is 0 Å². The molecular weight excluding hydrogens is 331 g/mol. The molecule has 2 aromatic carbocycles. The van der Waals surface area contributed by atoms with Crippen LogP contribution in [0.2, 0.25) is 5.02 Å². The largest absolute Gasteiger partial charge is 0.314 e. The fraction of sp³-hybridized carbons (Fsp3) is 0.286. The molecule has 3 rings (SSSR count). The SMILES string of the molecule is Cl.O=S(=O)(c1ccc2cccc(Cl)c2c1)N1CCNCC1. The Morgan fingerprint density at radius 2 is 1.81 bits per heavy atom. The van der Waals surface area contributed by atoms with Crippen molar-refractivity contribution >= 4 is 44.8 Å². The number of piperazine rings is 1. The lowest BCUT2D eigenvalue weighted by molar-refractivity contribution is 0.360. The van der Waals surface area contributed by atoms with Gasteiger partial charge in [0, 0.05) is 36.6 Å². The van der Waals surface area contributed by atoms with E-state index in [1.807, 2.05) is 12.1 Å². The van der Waals surface area contributed by atoms with E-state index in [-0.39, 0.29) is 12.4 Å². The quantitative estimate of drug-likeness (QED) is 0.908. The molecule has 0 saturated carbocycles. The summed E-state index contributed by atoms with van der Waals surface area (Å²) >= 11 is 6.15. The molecule has 0 aliphatic carbocycles. The van der Waals surface area contributed by atoms with Gasteiger partial charge in [0.25, 0.3) is 0 Å². The van der Waals surface area contributed by atoms with Gasteiger partial charge in [0.05, 0.1) is 4.90 Å². The predicted octanol–water partition coefficient (Wildman–Crippen LogP) is 2.51. The molecule has 2 aromatic rings. The van der Waals surface area contributed by atoms with Crippen LogP contribution in [0.1, 0.15) is 0 Å². The molecule has 4 nitrogen and oxygen atoms in total. The van der Waals surface area contributed by atoms with Crippen LogP contribution in [0, 0.1) is 0 Å². The molecule has 1 fully saturated rings. The normalized spacial score (nSPS) is 16.6. The summed E-state index contributed by atoms with van der Waals surface area (Å²) in [6, 6.07) is 10.7. The van der Waals surface area contributed by atoms with Gasteiger partial charge in [-0.2, -0.15) is 4.31 Å². The number of halogens is 2. The highest BCUT2D eigenvalue weighted by Gasteiger charge is 2.25. The van der Waals surface area contributed by atoms with Gasteiger partial charge in [-0.25, -0.2) is 8.42 Å². The first-order valence-electron chi connectivity index (χ1n) is 6.48. The van der Waals surface area contributed by atoms with Crippen molar-refractivity contribution in [2.75, 3.05) is 26.2 Å². The van der Waals surface area contributed by atoms with Crippen LogP contribution in [0.5, 0.6) is 0 Å². The van der Waals surface area contributed by atoms with Crippen molar-refractivity contribution in [3.8, 4) is 0 Å². The van der Waals surface area contributed by atoms with Crippen molar-refractivity contribution in [1.82, 2.24) is 9.62 Å². The van der Waals surface area contributed by atoms with Gasteiger partial charge in [0.15, 0.2) is 0 Å². The lowest BCUT2D eigenvalue weighted by atomic mass is 10.1. The number of fused-ring (bicyclic) bond motifs is 1. The van der Waals surface area contributed by atoms with Crippen LogP contribution in [0.15, 0.2) is 41.3 Å². The first kappa shape index (κ1) is 16.5. The maximum absolute atomic E-state index is 12.6. The summed E-state index contributed by atoms with van der Waals surface area (Å²) in [4.78, 5) is 0.306. The number of rotatable bonds is 2. The fourth-order valence-electron chi connectivity index (χ4n) is 2.41. The van der Waals surface area contributed by atoms with Gasteiger partial charge in [0.2, 0.25) is 10.0 Å². The summed E-state index contributed by atoms with van der Waals surface area (Å²) < 4.78 is 26.7. The first-order valence-corrected chi connectivity index (χ1v) is 8.30. The molecule has 0 aromatic heterocycles. The average Bonchev–Trinajstić information content (AvgIpc) is 2.48. The Morgan fingerprint density at radius 1 is 1.10 bits per heavy atom. The Bertz CT molecular complexity index is 744. The minimum absolute atomic E-state index is 0. The Kier molecular flexibility index (Phi) is 5.11. The Hall–Kier alpha value is -0.850. The maximum atomic E-state index is 12.6. The van der Waals surface area contributed by atoms with Crippen molar-refractivity contribution in [3.05, 3.63) is 41.4 Å². The molecule has 0 spiro atoms. The van der Waals surface area contributed by atoms with E-state index < -0.39 is 10.0 Å². The predicted molar refractivity (Wildman–Crippen MR) is 87.8 cm³/mol. The molecule has 7 heteroatoms. The number of hydrogen-bond acceptors (Lipinski definition) is 3. The second-order valence-corrected chi connectivity index (χ2v) is 7.12. The standard InChI is InChI=1S/C14H15ClN2O2S.ClH/c15-14-3-1-2-11-4-5-12(10-13(11)14)20(18,19)17-8-6-16-7-9-17;/h1-5,10,16H,6-9H2;1H. The van der Waals surface area contributed by atoms with Gasteiger partial charge in [-0.1, -0.05) is 29.8 Å². The molecule has 0 radical (unpaired) electrons. The van der Waals surface area contributed by atoms with Gasteiger partial charge in [-0.15, -0.1) is 12.4 Å². The van der Waals surface area contributed by atoms with Crippen molar-refractivity contribution < 1.29 is 8.42 Å². The second-order valence-electron chi connectivity index (χ2n) is 4.78. The van der Waals surface area contributed by atoms with Crippen molar-refractivity contribution in [3.63, 3.8) is 0 Å². The van der Waals surface area contributed by atoms with Crippen molar-refractivity contribution in [2.24, 2.45) is 0 Å². The number of nitrogens with zero attached hydrogens (tertiary/aromatic N) is 1. The van der Waals surface area contributed by atoms with Gasteiger partial charge in [-0.3, -0.25) is 0 Å². The highest BCUT2D eigenvalue weighted by atomic mass is 35.5. The summed E-state index contributed by atoms with van der Waals surface area (Å²) in [5.41, 5.74) is 0. The number of nitrogens with one attached hydrogen (secondary N) is 1. The Labute approximate surface area is 135 Å². The zero-order valence-electron chi connectivity index (χ0n) is 11.3. The number of sulfonamides is 1. The summed E-state index contributed by atoms with van der Waals surface area (Å²) in [6.07, 6.45) is 0. The highest BCUT2D eigenvalue weighted by Crippen LogP contribution is 2.27. The van der Waals surface area contributed by atoms with E-state index in [4.69, 9.17) is 11.6 Å². The topological polar surface area (TPSA) is 49.4 Å². The van der Waals surface area contributed by atoms with Gasteiger partial charge in [0.1, 0.15) is 0 Å². The summed E-state index contributed by atoms with van der Waals surface area (Å²) in [6.45, 7) is 2.38. The zero-order chi connectivity index (χ0) is 14.2. The van der Waals surface area contributed by atoms with Crippen LogP contribution in [0.25, 0.3) is 10.8 Å². The van der Waals surface area contributed by atoms with Crippen LogP contribution >= 0.6 is 24.0 Å². The van der Waals surface area contributed by atoms with E-state index in [0.29, 0.717) is 36.1 Å². The van der Waals surface area contributed by atoms with Crippen LogP contribution in [-0.4, -0.2) is 38.9 Å². The van der Waals surface area contributed by atoms with E-state index in [2.05, 4.69) is 5.32 Å². The molecular formula is C14H16Cl2N2O2S. The van der Waals surface area contributed by atoms with Crippen molar-refractivity contribution in [2.45, 2.75) is 4.90 Å². The molecule has 1 aliphatic heterocycles. The molecule has 21 heavy (non-hydrogen) atoms. The highest BCUT2D eigenvalue weighted by molar-refractivity contribution is 7.89. The summed E-state index contributed by atoms with van der Waals surface area (Å²) in [5.74, 6) is 0. The lowest BCUT2D eigenvalue weighted by Crippen LogP contribution is -2.46. The molecule has 114 valence electrons. The average molecular weight is 347 g/mol. The van der Waals surface area contributed by atoms with E-state index in [0.717, 1.165) is 10.8 Å². The third-order valence-electron chi connectivity index (χ3n) is 3.51. The molecule has 1 N–H and O–H groups in total. The first-order chi connectivity index (χ1) is 9.59. The minimum atomic E-state index is -3.44. The molecule has 0 unspecified atom stereocenters. The summed E-state index contributed by atoms with van der Waals surface area (Å²) in [7, 11) is -3.44. The maximum Gasteiger partial charge on any atom is 0.243 e. The fourth-order valence-corrected chi connectivity index (χ4v) is 4.11. The molecule has 0 atom stereocenters. The lowest BCUT2D eigenvalue weighted by Gasteiger charge is -2.26. The minimum Gasteiger partial charge on any atom is -0.314 e. The monoisotopic (exact) mass is 346 g/mol. The van der Waals surface area contributed by atoms with Crippen LogP contribution in [-0.2, 0) is 10.0 Å². The molecule has 1 heterocycles. The molecule has 1 saturated heterocycles. The zero-order valence-corrected chi connectivity index (χ0v) is 13.6. The van der Waals surface area contributed by atoms with E-state index in [1.165, 1.54) is 4.31 Å². The summed E-state index contributed by atoms with van der Waals surface area (Å²) in [5, 5.41) is 5.43. The van der Waals surface area contributed by atoms with Gasteiger partial charge in [-0.05, 0) is 23.6 Å². The van der Waals surface area contributed by atoms with Crippen molar-refractivity contribution in [1.29, 1.82) is 0 Å². The third kappa shape index (κ3) is 3.17. The third-order valence-corrected chi connectivity index (χ3v) is 5.74. The van der Waals surface area contributed by atoms with Crippen LogP contribution < -0.4 is 5.32 Å². The number of benzene rings is 2. The van der Waals surface area contributed by atoms with E-state index in [9.17, 15) is 8.42 Å². The number of hydrogen-bond donors (Lipinski definition) is 1. The van der Waals surface area contributed by atoms with E-state index in [1.54, 1.807) is 24.3 Å². The van der Waals surface area contributed by atoms with Gasteiger partial charge < -0.3 is 5.32 Å². The molecule has 1 aliphatic rings. The molecule has 0 bridgehead atoms. The Morgan fingerprint density at radius 3 is 2.52 bits per heavy atom. The second kappa shape index (κ2) is 6.50. The molecule has 0 amide bonds. The Balaban J connectivity index is 0.00000161. The van der Waals surface area contributed by atoms with E-state index >= 15 is 0 Å².